The smallest absolute Gasteiger partial charge is 0.303 e. The van der Waals surface area contributed by atoms with E-state index < -0.39 is 159 Å². The van der Waals surface area contributed by atoms with Crippen molar-refractivity contribution in [3.63, 3.8) is 0 Å². The van der Waals surface area contributed by atoms with Crippen LogP contribution in [-0.4, -0.2) is 181 Å². The molecule has 4 saturated heterocycles. The Morgan fingerprint density at radius 2 is 0.676 bits per heavy atom. The fourth-order valence-electron chi connectivity index (χ4n) is 9.18. The first kappa shape index (κ1) is 59.9. The summed E-state index contributed by atoms with van der Waals surface area (Å²) in [5.41, 5.74) is 0. The van der Waals surface area contributed by atoms with E-state index in [1.807, 2.05) is 0 Å². The van der Waals surface area contributed by atoms with Crippen molar-refractivity contribution in [2.45, 2.75) is 263 Å². The number of carbonyl (C=O) groups is 6. The van der Waals surface area contributed by atoms with Gasteiger partial charge in [0.25, 0.3) is 0 Å². The number of ether oxygens (including phenoxy) is 14. The minimum Gasteiger partial charge on any atom is -0.457 e. The topological polar surface area (TPSA) is 292 Å². The Bertz CT molecular complexity index is 1710. The second-order valence-corrected chi connectivity index (χ2v) is 18.6. The van der Waals surface area contributed by atoms with Gasteiger partial charge in [-0.2, -0.15) is 0 Å². The summed E-state index contributed by atoms with van der Waals surface area (Å²) in [5, 5.41) is 34.5. The Balaban J connectivity index is 1.58. The molecule has 0 bridgehead atoms. The minimum absolute atomic E-state index is 0.288. The van der Waals surface area contributed by atoms with Crippen molar-refractivity contribution in [2.24, 2.45) is 0 Å². The van der Waals surface area contributed by atoms with E-state index in [-0.39, 0.29) is 6.61 Å². The van der Waals surface area contributed by atoms with Gasteiger partial charge in [-0.05, 0) is 34.1 Å². The molecule has 0 amide bonds. The van der Waals surface area contributed by atoms with Gasteiger partial charge in [-0.15, -0.1) is 0 Å². The number of hydrogen-bond acceptors (Lipinski definition) is 23. The first-order valence-corrected chi connectivity index (χ1v) is 24.8. The average molecular weight is 1020 g/mol. The molecule has 4 rings (SSSR count). The molecule has 0 aromatic rings. The van der Waals surface area contributed by atoms with Gasteiger partial charge in [0.2, 0.25) is 0 Å². The van der Waals surface area contributed by atoms with Gasteiger partial charge >= 0.3 is 35.8 Å². The summed E-state index contributed by atoms with van der Waals surface area (Å²) >= 11 is 0. The Morgan fingerprint density at radius 1 is 0.352 bits per heavy atom. The van der Waals surface area contributed by atoms with Crippen molar-refractivity contribution in [1.82, 2.24) is 0 Å². The van der Waals surface area contributed by atoms with E-state index in [0.29, 0.717) is 0 Å². The lowest BCUT2D eigenvalue weighted by atomic mass is 9.95. The first-order chi connectivity index (χ1) is 33.5. The molecular weight excluding hydrogens is 945 g/mol. The van der Waals surface area contributed by atoms with Crippen molar-refractivity contribution in [3.05, 3.63) is 0 Å². The third kappa shape index (κ3) is 17.5. The lowest BCUT2D eigenvalue weighted by molar-refractivity contribution is -0.385. The monoisotopic (exact) mass is 1020 g/mol. The maximum atomic E-state index is 12.9. The van der Waals surface area contributed by atoms with E-state index in [2.05, 4.69) is 6.92 Å². The van der Waals surface area contributed by atoms with Crippen LogP contribution in [0.3, 0.4) is 0 Å². The molecule has 23 nitrogen and oxygen atoms in total. The van der Waals surface area contributed by atoms with Gasteiger partial charge in [-0.25, -0.2) is 0 Å². The number of esters is 6. The lowest BCUT2D eigenvalue weighted by Crippen LogP contribution is -2.68. The predicted molar refractivity (Wildman–Crippen MR) is 241 cm³/mol. The highest BCUT2D eigenvalue weighted by molar-refractivity contribution is 5.69. The van der Waals surface area contributed by atoms with Crippen molar-refractivity contribution in [1.29, 1.82) is 0 Å². The van der Waals surface area contributed by atoms with Crippen LogP contribution in [0.15, 0.2) is 0 Å². The van der Waals surface area contributed by atoms with Gasteiger partial charge in [-0.3, -0.25) is 28.8 Å². The van der Waals surface area contributed by atoms with Crippen LogP contribution in [0.4, 0.5) is 0 Å². The Morgan fingerprint density at radius 3 is 1.14 bits per heavy atom. The summed E-state index contributed by atoms with van der Waals surface area (Å²) < 4.78 is 82.6. The van der Waals surface area contributed by atoms with Crippen LogP contribution in [0.1, 0.15) is 140 Å². The number of unbranched alkanes of at least 4 members (excludes halogenated alkanes) is 9. The van der Waals surface area contributed by atoms with E-state index in [1.54, 1.807) is 6.92 Å². The molecule has 4 fully saturated rings. The quantitative estimate of drug-likeness (QED) is 0.0711. The van der Waals surface area contributed by atoms with E-state index in [9.17, 15) is 44.1 Å². The summed E-state index contributed by atoms with van der Waals surface area (Å²) in [6.07, 6.45) is -18.0. The molecular formula is C48H78O23. The summed E-state index contributed by atoms with van der Waals surface area (Å²) in [7, 11) is 0. The fraction of sp³-hybridized carbons (Fsp3) is 0.875. The highest BCUT2D eigenvalue weighted by Crippen LogP contribution is 2.38. The molecule has 20 atom stereocenters. The van der Waals surface area contributed by atoms with E-state index >= 15 is 0 Å². The molecule has 4 aliphatic rings. The van der Waals surface area contributed by atoms with E-state index in [0.717, 1.165) is 67.2 Å². The molecule has 0 spiro atoms. The van der Waals surface area contributed by atoms with Gasteiger partial charge in [0.1, 0.15) is 36.6 Å². The number of aliphatic hydroxyl groups excluding tert-OH is 3. The SMILES string of the molecule is CCCCCCCCCCCCO[C@@H]1O[C@@H](C)[C@H](O[C@@H]2O[C@@H](C)[C@H](OC(C)=O)[C@@H](O[C@@H]3O[C@@H](C)[C@H](OC(C)=O)[C@@H](O[C@@H]4O[C@@H](C)[C@H](OC(C)=O)[C@@H](OC(C)=O)[C@H]4OC(C)=O)[C@H]3OC(C)=O)[C@H]2O)[C@H](O)[C@H]1O. The summed E-state index contributed by atoms with van der Waals surface area (Å²) in [4.78, 5) is 75.2. The van der Waals surface area contributed by atoms with E-state index in [4.69, 9.17) is 66.3 Å². The standard InChI is InChI=1S/C48H78O23/c1-12-13-14-15-16-17-18-19-20-21-22-58-45-34(56)33(55)36(23(2)59-45)69-46-35(57)40(37(24(3)60-46)63-27(6)49)70-47-44(68-32(11)54)42(39(26(5)61-47)65-29(8)51)71-48-43(67-31(10)53)41(66-30(9)52)38(25(4)62-48)64-28(7)50/h23-26,33-48,55-57H,12-22H2,1-11H3/t23-,24-,25-,26-,33+,34+,35+,36-,37-,38-,39-,40-,41+,42+,43+,44+,45+,46-,47-,48-/m0/s1. The molecule has 0 saturated carbocycles. The summed E-state index contributed by atoms with van der Waals surface area (Å²) in [5.74, 6) is -5.08. The van der Waals surface area contributed by atoms with Crippen LogP contribution in [-0.2, 0) is 95.1 Å². The van der Waals surface area contributed by atoms with Crippen molar-refractivity contribution < 1.29 is 110 Å². The van der Waals surface area contributed by atoms with Gasteiger partial charge < -0.3 is 81.6 Å². The molecule has 0 aromatic carbocycles. The summed E-state index contributed by atoms with van der Waals surface area (Å²) in [6, 6.07) is 0. The van der Waals surface area contributed by atoms with Crippen LogP contribution in [0.25, 0.3) is 0 Å². The van der Waals surface area contributed by atoms with Crippen LogP contribution in [0.2, 0.25) is 0 Å². The van der Waals surface area contributed by atoms with Crippen molar-refractivity contribution in [3.8, 4) is 0 Å². The third-order valence-corrected chi connectivity index (χ3v) is 12.4. The second kappa shape index (κ2) is 28.7. The molecule has 0 unspecified atom stereocenters. The number of rotatable bonds is 24. The normalized spacial score (nSPS) is 37.3. The minimum atomic E-state index is -1.88. The van der Waals surface area contributed by atoms with Crippen LogP contribution >= 0.6 is 0 Å². The maximum absolute atomic E-state index is 12.9. The van der Waals surface area contributed by atoms with Crippen LogP contribution < -0.4 is 0 Å². The van der Waals surface area contributed by atoms with Crippen molar-refractivity contribution >= 4 is 35.8 Å². The molecule has 3 N–H and O–H groups in total. The Labute approximate surface area is 415 Å². The number of carbonyl (C=O) groups excluding carboxylic acids is 6. The molecule has 0 aliphatic carbocycles. The van der Waals surface area contributed by atoms with Gasteiger partial charge in [-0.1, -0.05) is 64.7 Å². The zero-order valence-electron chi connectivity index (χ0n) is 42.8. The molecule has 4 aliphatic heterocycles. The predicted octanol–water partition coefficient (Wildman–Crippen LogP) is 2.73. The fourth-order valence-corrected chi connectivity index (χ4v) is 9.18. The number of aliphatic hydroxyl groups is 3. The van der Waals surface area contributed by atoms with Gasteiger partial charge in [0, 0.05) is 48.1 Å². The second-order valence-electron chi connectivity index (χ2n) is 18.6. The molecule has 0 aromatic heterocycles. The van der Waals surface area contributed by atoms with Crippen molar-refractivity contribution in [2.75, 3.05) is 6.61 Å². The van der Waals surface area contributed by atoms with Crippen LogP contribution in [0, 0.1) is 0 Å². The third-order valence-electron chi connectivity index (χ3n) is 12.4. The highest BCUT2D eigenvalue weighted by Gasteiger charge is 2.58. The van der Waals surface area contributed by atoms with Gasteiger partial charge in [0.05, 0.1) is 24.4 Å². The summed E-state index contributed by atoms with van der Waals surface area (Å²) in [6.45, 7) is 15.0. The Kier molecular flexibility index (Phi) is 24.3. The average Bonchev–Trinajstić information content (AvgIpc) is 3.27. The highest BCUT2D eigenvalue weighted by atomic mass is 16.8. The zero-order chi connectivity index (χ0) is 52.7. The van der Waals surface area contributed by atoms with E-state index in [1.165, 1.54) is 59.3 Å². The molecule has 4 heterocycles. The van der Waals surface area contributed by atoms with Gasteiger partial charge in [0.15, 0.2) is 61.8 Å². The largest absolute Gasteiger partial charge is 0.457 e. The molecule has 71 heavy (non-hydrogen) atoms. The zero-order valence-corrected chi connectivity index (χ0v) is 42.8. The maximum Gasteiger partial charge on any atom is 0.303 e. The molecule has 408 valence electrons. The molecule has 0 radical (unpaired) electrons. The lowest BCUT2D eigenvalue weighted by Gasteiger charge is -2.50. The molecule has 23 heteroatoms. The Hall–Kier alpha value is -3.62. The first-order valence-electron chi connectivity index (χ1n) is 24.8. The number of hydrogen-bond donors (Lipinski definition) is 3. The van der Waals surface area contributed by atoms with Crippen LogP contribution in [0.5, 0.6) is 0 Å².